The molecule has 0 heterocycles. The minimum absolute atomic E-state index is 0.134. The molecule has 0 fully saturated rings. The van der Waals surface area contributed by atoms with E-state index in [0.717, 1.165) is 6.42 Å². The zero-order valence-electron chi connectivity index (χ0n) is 8.98. The molecule has 4 N–H and O–H groups in total. The van der Waals surface area contributed by atoms with Crippen LogP contribution in [-0.2, 0) is 9.53 Å². The number of carbonyl (C=O) groups is 1. The lowest BCUT2D eigenvalue weighted by atomic mass is 10.2. The maximum atomic E-state index is 10.6. The number of carbonyl (C=O) groups excluding carboxylic acids is 1. The summed E-state index contributed by atoms with van der Waals surface area (Å²) in [4.78, 5) is 10.6. The number of allylic oxidation sites excluding steroid dienone is 1. The third-order valence-corrected chi connectivity index (χ3v) is 1.85. The number of hydrogen-bond donors (Lipinski definition) is 3. The van der Waals surface area contributed by atoms with Crippen molar-refractivity contribution in [3.05, 3.63) is 11.6 Å². The van der Waals surface area contributed by atoms with Crippen LogP contribution in [0, 0.1) is 0 Å². The van der Waals surface area contributed by atoms with Crippen LogP contribution < -0.4 is 5.73 Å². The Kier molecular flexibility index (Phi) is 7.89. The Hall–Kier alpha value is -0.910. The maximum absolute atomic E-state index is 10.6. The van der Waals surface area contributed by atoms with Gasteiger partial charge in [-0.3, -0.25) is 4.79 Å². The molecule has 0 spiro atoms. The van der Waals surface area contributed by atoms with Crippen LogP contribution in [0.25, 0.3) is 0 Å². The fourth-order valence-corrected chi connectivity index (χ4v) is 0.877. The summed E-state index contributed by atoms with van der Waals surface area (Å²) in [6.45, 7) is 1.99. The van der Waals surface area contributed by atoms with Crippen LogP contribution in [0.5, 0.6) is 0 Å². The highest BCUT2D eigenvalue weighted by atomic mass is 16.5. The number of unbranched alkanes of at least 4 members (excludes halogenated alkanes) is 1. The van der Waals surface area contributed by atoms with Crippen LogP contribution in [-0.4, -0.2) is 42.0 Å². The molecular weight excluding hydrogens is 198 g/mol. The fourth-order valence-electron chi connectivity index (χ4n) is 0.877. The van der Waals surface area contributed by atoms with E-state index in [-0.39, 0.29) is 13.2 Å². The Morgan fingerprint density at radius 3 is 2.80 bits per heavy atom. The normalized spacial score (nSPS) is 13.9. The van der Waals surface area contributed by atoms with Crippen LogP contribution in [0.15, 0.2) is 11.6 Å². The standard InChI is InChI=1S/C10H19NO4/c1-8(10(11)14)4-2-3-5-15-7-9(13)6-12/h4,9,12-13H,2-3,5-7H2,1H3,(H2,11,14). The number of aliphatic hydroxyl groups excluding tert-OH is 2. The Bertz CT molecular complexity index is 215. The number of primary amides is 1. The van der Waals surface area contributed by atoms with Crippen molar-refractivity contribution >= 4 is 5.91 Å². The van der Waals surface area contributed by atoms with Crippen molar-refractivity contribution in [2.45, 2.75) is 25.9 Å². The van der Waals surface area contributed by atoms with Gasteiger partial charge in [0, 0.05) is 12.2 Å². The zero-order chi connectivity index (χ0) is 11.7. The van der Waals surface area contributed by atoms with Crippen molar-refractivity contribution in [2.75, 3.05) is 19.8 Å². The van der Waals surface area contributed by atoms with Crippen molar-refractivity contribution in [2.24, 2.45) is 5.73 Å². The molecule has 0 aromatic rings. The predicted octanol–water partition coefficient (Wildman–Crippen LogP) is -0.432. The van der Waals surface area contributed by atoms with Gasteiger partial charge < -0.3 is 20.7 Å². The molecule has 0 aliphatic carbocycles. The molecule has 0 aliphatic rings. The monoisotopic (exact) mass is 217 g/mol. The van der Waals surface area contributed by atoms with Gasteiger partial charge in [-0.25, -0.2) is 0 Å². The molecule has 0 aromatic carbocycles. The summed E-state index contributed by atoms with van der Waals surface area (Å²) < 4.78 is 5.07. The molecule has 0 saturated carbocycles. The maximum Gasteiger partial charge on any atom is 0.244 e. The fraction of sp³-hybridized carbons (Fsp3) is 0.700. The first-order valence-corrected chi connectivity index (χ1v) is 4.91. The van der Waals surface area contributed by atoms with Crippen LogP contribution in [0.4, 0.5) is 0 Å². The Morgan fingerprint density at radius 1 is 1.60 bits per heavy atom. The van der Waals surface area contributed by atoms with Gasteiger partial charge in [0.25, 0.3) is 0 Å². The molecule has 1 atom stereocenters. The van der Waals surface area contributed by atoms with E-state index in [2.05, 4.69) is 0 Å². The second-order valence-electron chi connectivity index (χ2n) is 3.30. The molecule has 0 bridgehead atoms. The van der Waals surface area contributed by atoms with E-state index < -0.39 is 12.0 Å². The van der Waals surface area contributed by atoms with Crippen LogP contribution in [0.3, 0.4) is 0 Å². The number of aliphatic hydroxyl groups is 2. The number of ether oxygens (including phenoxy) is 1. The minimum atomic E-state index is -0.812. The Balaban J connectivity index is 3.40. The zero-order valence-corrected chi connectivity index (χ0v) is 8.98. The molecule has 0 rings (SSSR count). The summed E-state index contributed by atoms with van der Waals surface area (Å²) in [5.74, 6) is -0.411. The molecule has 5 nitrogen and oxygen atoms in total. The highest BCUT2D eigenvalue weighted by molar-refractivity contribution is 5.91. The van der Waals surface area contributed by atoms with E-state index in [1.54, 1.807) is 13.0 Å². The van der Waals surface area contributed by atoms with E-state index in [4.69, 9.17) is 20.7 Å². The Morgan fingerprint density at radius 2 is 2.27 bits per heavy atom. The minimum Gasteiger partial charge on any atom is -0.394 e. The third-order valence-electron chi connectivity index (χ3n) is 1.85. The molecule has 15 heavy (non-hydrogen) atoms. The van der Waals surface area contributed by atoms with Crippen molar-refractivity contribution in [1.29, 1.82) is 0 Å². The van der Waals surface area contributed by atoms with Gasteiger partial charge in [-0.15, -0.1) is 0 Å². The van der Waals surface area contributed by atoms with E-state index in [1.165, 1.54) is 0 Å². The van der Waals surface area contributed by atoms with E-state index in [0.29, 0.717) is 18.6 Å². The molecule has 88 valence electrons. The summed E-state index contributed by atoms with van der Waals surface area (Å²) in [7, 11) is 0. The summed E-state index contributed by atoms with van der Waals surface area (Å²) in [5, 5.41) is 17.4. The summed E-state index contributed by atoms with van der Waals surface area (Å²) in [6.07, 6.45) is 2.41. The van der Waals surface area contributed by atoms with Crippen LogP contribution in [0.1, 0.15) is 19.8 Å². The lowest BCUT2D eigenvalue weighted by Crippen LogP contribution is -2.19. The van der Waals surface area contributed by atoms with Gasteiger partial charge in [-0.05, 0) is 19.8 Å². The van der Waals surface area contributed by atoms with Crippen molar-refractivity contribution < 1.29 is 19.7 Å². The van der Waals surface area contributed by atoms with Gasteiger partial charge in [0.2, 0.25) is 5.91 Å². The van der Waals surface area contributed by atoms with E-state index >= 15 is 0 Å². The molecule has 0 radical (unpaired) electrons. The topological polar surface area (TPSA) is 92.8 Å². The lowest BCUT2D eigenvalue weighted by molar-refractivity contribution is -0.114. The van der Waals surface area contributed by atoms with Crippen LogP contribution >= 0.6 is 0 Å². The lowest BCUT2D eigenvalue weighted by Gasteiger charge is -2.07. The number of amides is 1. The Labute approximate surface area is 89.5 Å². The first-order valence-electron chi connectivity index (χ1n) is 4.91. The summed E-state index contributed by atoms with van der Waals surface area (Å²) >= 11 is 0. The average molecular weight is 217 g/mol. The summed E-state index contributed by atoms with van der Waals surface area (Å²) in [5.41, 5.74) is 5.58. The summed E-state index contributed by atoms with van der Waals surface area (Å²) in [6, 6.07) is 0. The molecule has 1 unspecified atom stereocenters. The first-order chi connectivity index (χ1) is 7.07. The van der Waals surface area contributed by atoms with Gasteiger partial charge in [-0.2, -0.15) is 0 Å². The molecule has 0 aliphatic heterocycles. The van der Waals surface area contributed by atoms with Crippen molar-refractivity contribution in [3.63, 3.8) is 0 Å². The second-order valence-corrected chi connectivity index (χ2v) is 3.30. The van der Waals surface area contributed by atoms with Gasteiger partial charge in [0.15, 0.2) is 0 Å². The third kappa shape index (κ3) is 8.11. The molecule has 0 saturated heterocycles. The molecule has 5 heteroatoms. The smallest absolute Gasteiger partial charge is 0.244 e. The molecule has 1 amide bonds. The molecular formula is C10H19NO4. The number of rotatable bonds is 8. The second kappa shape index (κ2) is 8.40. The largest absolute Gasteiger partial charge is 0.394 e. The highest BCUT2D eigenvalue weighted by Gasteiger charge is 2.00. The predicted molar refractivity (Wildman–Crippen MR) is 56.1 cm³/mol. The van der Waals surface area contributed by atoms with Gasteiger partial charge in [-0.1, -0.05) is 6.08 Å². The molecule has 0 aromatic heterocycles. The van der Waals surface area contributed by atoms with Crippen molar-refractivity contribution in [1.82, 2.24) is 0 Å². The van der Waals surface area contributed by atoms with Gasteiger partial charge in [0.05, 0.1) is 13.2 Å². The SMILES string of the molecule is CC(=CCCCOCC(O)CO)C(N)=O. The van der Waals surface area contributed by atoms with Crippen molar-refractivity contribution in [3.8, 4) is 0 Å². The number of hydrogen-bond acceptors (Lipinski definition) is 4. The number of nitrogens with two attached hydrogens (primary N) is 1. The quantitative estimate of drug-likeness (QED) is 0.380. The van der Waals surface area contributed by atoms with E-state index in [9.17, 15) is 4.79 Å². The van der Waals surface area contributed by atoms with Gasteiger partial charge in [0.1, 0.15) is 6.10 Å². The average Bonchev–Trinajstić information content (AvgIpc) is 2.22. The first kappa shape index (κ1) is 14.1. The highest BCUT2D eigenvalue weighted by Crippen LogP contribution is 1.98. The van der Waals surface area contributed by atoms with E-state index in [1.807, 2.05) is 0 Å². The van der Waals surface area contributed by atoms with Gasteiger partial charge >= 0.3 is 0 Å². The van der Waals surface area contributed by atoms with Crippen LogP contribution in [0.2, 0.25) is 0 Å².